The molecular formula is C32H47N5O3S. The van der Waals surface area contributed by atoms with Crippen molar-refractivity contribution in [1.29, 1.82) is 0 Å². The smallest absolute Gasteiger partial charge is 0.272 e. The van der Waals surface area contributed by atoms with E-state index in [1.807, 2.05) is 11.8 Å². The molecule has 2 saturated heterocycles. The van der Waals surface area contributed by atoms with Gasteiger partial charge in [0.2, 0.25) is 10.0 Å². The molecule has 2 aliphatic heterocycles. The molecule has 2 aromatic rings. The summed E-state index contributed by atoms with van der Waals surface area (Å²) in [4.78, 5) is 27.0. The molecule has 224 valence electrons. The van der Waals surface area contributed by atoms with Crippen molar-refractivity contribution in [1.82, 2.24) is 24.1 Å². The van der Waals surface area contributed by atoms with E-state index in [9.17, 15) is 13.2 Å². The van der Waals surface area contributed by atoms with Crippen molar-refractivity contribution in [2.75, 3.05) is 39.5 Å². The molecule has 1 aliphatic carbocycles. The van der Waals surface area contributed by atoms with Gasteiger partial charge >= 0.3 is 0 Å². The van der Waals surface area contributed by atoms with Crippen LogP contribution in [0.2, 0.25) is 0 Å². The Kier molecular flexibility index (Phi) is 9.77. The average Bonchev–Trinajstić information content (AvgIpc) is 3.00. The molecule has 1 aromatic carbocycles. The van der Waals surface area contributed by atoms with Crippen molar-refractivity contribution < 1.29 is 13.2 Å². The van der Waals surface area contributed by atoms with Gasteiger partial charge < -0.3 is 9.80 Å². The highest BCUT2D eigenvalue weighted by atomic mass is 32.2. The van der Waals surface area contributed by atoms with Crippen molar-refractivity contribution in [2.24, 2.45) is 5.92 Å². The Labute approximate surface area is 246 Å². The second-order valence-electron chi connectivity index (χ2n) is 12.5. The molecule has 0 bridgehead atoms. The van der Waals surface area contributed by atoms with Crippen LogP contribution in [0.3, 0.4) is 0 Å². The second-order valence-corrected chi connectivity index (χ2v) is 14.6. The van der Waals surface area contributed by atoms with Gasteiger partial charge in [0.1, 0.15) is 12.0 Å². The third-order valence-corrected chi connectivity index (χ3v) is 11.4. The van der Waals surface area contributed by atoms with Gasteiger partial charge in [-0.05, 0) is 88.8 Å². The highest BCUT2D eigenvalue weighted by molar-refractivity contribution is 7.88. The first-order chi connectivity index (χ1) is 19.7. The van der Waals surface area contributed by atoms with Gasteiger partial charge in [0.15, 0.2) is 0 Å². The lowest BCUT2D eigenvalue weighted by Gasteiger charge is -2.43. The highest BCUT2D eigenvalue weighted by Crippen LogP contribution is 2.38. The summed E-state index contributed by atoms with van der Waals surface area (Å²) in [5.74, 6) is 1.37. The maximum Gasteiger partial charge on any atom is 0.272 e. The van der Waals surface area contributed by atoms with E-state index < -0.39 is 10.0 Å². The fourth-order valence-electron chi connectivity index (χ4n) is 7.35. The molecule has 3 fully saturated rings. The van der Waals surface area contributed by atoms with Crippen LogP contribution < -0.4 is 0 Å². The molecule has 9 heteroatoms. The number of likely N-dealkylation sites (tertiary alicyclic amines) is 2. The highest BCUT2D eigenvalue weighted by Gasteiger charge is 2.33. The van der Waals surface area contributed by atoms with Crippen molar-refractivity contribution in [3.05, 3.63) is 59.2 Å². The van der Waals surface area contributed by atoms with Crippen molar-refractivity contribution in [3.63, 3.8) is 0 Å². The van der Waals surface area contributed by atoms with Crippen LogP contribution in [0.15, 0.2) is 36.7 Å². The van der Waals surface area contributed by atoms with E-state index in [1.165, 1.54) is 41.8 Å². The Bertz CT molecular complexity index is 1270. The zero-order valence-electron chi connectivity index (χ0n) is 25.0. The summed E-state index contributed by atoms with van der Waals surface area (Å²) in [6, 6.07) is 11.5. The Morgan fingerprint density at radius 3 is 2.37 bits per heavy atom. The number of amides is 1. The topological polar surface area (TPSA) is 86.7 Å². The van der Waals surface area contributed by atoms with Gasteiger partial charge in [-0.3, -0.25) is 4.79 Å². The minimum atomic E-state index is -3.16. The standard InChI is InChI=1S/C32H47N5O3S/c1-24-30(13-12-25-8-7-11-27(22-25)26-9-5-4-6-10-26)33-23-34-31(24)32(38)37-20-16-29(17-21-37)36-18-14-28(15-19-36)35(2)41(3,39)40/h4-6,9-10,23,25,27-29H,7-8,11-22H2,1-3H3/t25-,27-/m0/s1. The lowest BCUT2D eigenvalue weighted by Crippen LogP contribution is -2.52. The number of nitrogens with zero attached hydrogens (tertiary/aromatic N) is 5. The summed E-state index contributed by atoms with van der Waals surface area (Å²) in [5, 5.41) is 0. The molecule has 5 rings (SSSR count). The first-order valence-electron chi connectivity index (χ1n) is 15.5. The number of carbonyl (C=O) groups is 1. The number of aromatic nitrogens is 2. The fraction of sp³-hybridized carbons (Fsp3) is 0.656. The predicted molar refractivity (Wildman–Crippen MR) is 162 cm³/mol. The molecule has 8 nitrogen and oxygen atoms in total. The largest absolute Gasteiger partial charge is 0.337 e. The van der Waals surface area contributed by atoms with Crippen LogP contribution in [0, 0.1) is 12.8 Å². The predicted octanol–water partition coefficient (Wildman–Crippen LogP) is 4.65. The van der Waals surface area contributed by atoms with Crippen LogP contribution in [-0.2, 0) is 16.4 Å². The van der Waals surface area contributed by atoms with E-state index in [0.29, 0.717) is 23.6 Å². The summed E-state index contributed by atoms with van der Waals surface area (Å²) in [6.45, 7) is 5.29. The first kappa shape index (κ1) is 30.1. The second kappa shape index (κ2) is 13.3. The number of benzene rings is 1. The Morgan fingerprint density at radius 1 is 0.976 bits per heavy atom. The van der Waals surface area contributed by atoms with Gasteiger partial charge in [-0.2, -0.15) is 0 Å². The average molecular weight is 582 g/mol. The number of sulfonamides is 1. The van der Waals surface area contributed by atoms with Gasteiger partial charge in [-0.15, -0.1) is 0 Å². The van der Waals surface area contributed by atoms with E-state index in [2.05, 4.69) is 45.2 Å². The molecule has 1 aromatic heterocycles. The molecule has 0 radical (unpaired) electrons. The summed E-state index contributed by atoms with van der Waals surface area (Å²) < 4.78 is 25.4. The van der Waals surface area contributed by atoms with E-state index >= 15 is 0 Å². The molecule has 3 heterocycles. The SMILES string of the molecule is Cc1c(CC[C@@H]2CCC[C@H](c3ccccc3)C2)ncnc1C(=O)N1CCC(N2CCC(N(C)S(C)(=O)=O)CC2)CC1. The number of piperidine rings is 2. The van der Waals surface area contributed by atoms with Gasteiger partial charge in [0.25, 0.3) is 5.91 Å². The number of hydrogen-bond donors (Lipinski definition) is 0. The summed E-state index contributed by atoms with van der Waals surface area (Å²) in [6.07, 6.45) is 13.5. The molecule has 1 amide bonds. The maximum atomic E-state index is 13.5. The van der Waals surface area contributed by atoms with Gasteiger partial charge in [-0.1, -0.05) is 43.2 Å². The summed E-state index contributed by atoms with van der Waals surface area (Å²) in [5.41, 5.74) is 3.98. The number of aryl methyl sites for hydroxylation is 1. The van der Waals surface area contributed by atoms with Crippen LogP contribution in [0.4, 0.5) is 0 Å². The van der Waals surface area contributed by atoms with E-state index in [-0.39, 0.29) is 11.9 Å². The zero-order chi connectivity index (χ0) is 29.0. The lowest BCUT2D eigenvalue weighted by molar-refractivity contribution is 0.0542. The fourth-order valence-corrected chi connectivity index (χ4v) is 8.10. The lowest BCUT2D eigenvalue weighted by atomic mass is 9.76. The summed E-state index contributed by atoms with van der Waals surface area (Å²) >= 11 is 0. The third kappa shape index (κ3) is 7.35. The Balaban J connectivity index is 1.11. The molecule has 0 N–H and O–H groups in total. The van der Waals surface area contributed by atoms with Crippen molar-refractivity contribution in [3.8, 4) is 0 Å². The normalized spacial score (nSPS) is 23.7. The zero-order valence-corrected chi connectivity index (χ0v) is 25.9. The van der Waals surface area contributed by atoms with Crippen LogP contribution in [0.1, 0.15) is 91.0 Å². The maximum absolute atomic E-state index is 13.5. The van der Waals surface area contributed by atoms with E-state index in [0.717, 1.165) is 76.0 Å². The molecule has 0 spiro atoms. The minimum Gasteiger partial charge on any atom is -0.337 e. The number of rotatable bonds is 8. The number of hydrogen-bond acceptors (Lipinski definition) is 6. The van der Waals surface area contributed by atoms with Gasteiger partial charge in [-0.25, -0.2) is 22.7 Å². The van der Waals surface area contributed by atoms with Gasteiger partial charge in [0, 0.05) is 43.5 Å². The van der Waals surface area contributed by atoms with Crippen LogP contribution in [-0.4, -0.2) is 90.0 Å². The van der Waals surface area contributed by atoms with Crippen molar-refractivity contribution in [2.45, 2.75) is 89.1 Å². The van der Waals surface area contributed by atoms with E-state index in [4.69, 9.17) is 0 Å². The molecular weight excluding hydrogens is 534 g/mol. The minimum absolute atomic E-state index is 0.0277. The quantitative estimate of drug-likeness (QED) is 0.451. The van der Waals surface area contributed by atoms with Crippen molar-refractivity contribution >= 4 is 15.9 Å². The molecule has 0 unspecified atom stereocenters. The summed E-state index contributed by atoms with van der Waals surface area (Å²) in [7, 11) is -1.46. The van der Waals surface area contributed by atoms with Crippen LogP contribution in [0.5, 0.6) is 0 Å². The monoisotopic (exact) mass is 581 g/mol. The molecule has 3 aliphatic rings. The van der Waals surface area contributed by atoms with Crippen LogP contribution in [0.25, 0.3) is 0 Å². The van der Waals surface area contributed by atoms with E-state index in [1.54, 1.807) is 13.4 Å². The third-order valence-electron chi connectivity index (χ3n) is 10.0. The Hall–Kier alpha value is -2.36. The first-order valence-corrected chi connectivity index (χ1v) is 17.4. The number of carbonyl (C=O) groups excluding carboxylic acids is 1. The molecule has 2 atom stereocenters. The molecule has 41 heavy (non-hydrogen) atoms. The molecule has 1 saturated carbocycles. The Morgan fingerprint density at radius 2 is 1.68 bits per heavy atom. The van der Waals surface area contributed by atoms with Gasteiger partial charge in [0.05, 0.1) is 6.26 Å². The van der Waals surface area contributed by atoms with Crippen LogP contribution >= 0.6 is 0 Å².